The number of halogens is 2. The maximum Gasteiger partial charge on any atom is 0.244 e. The summed E-state index contributed by atoms with van der Waals surface area (Å²) in [6.45, 7) is 0. The van der Waals surface area contributed by atoms with Crippen LogP contribution in [0, 0.1) is 3.57 Å². The number of fused-ring (bicyclic) bond motifs is 1. The van der Waals surface area contributed by atoms with Crippen LogP contribution in [0.25, 0.3) is 10.8 Å². The smallest absolute Gasteiger partial charge is 0.244 e. The number of phenols is 1. The first-order chi connectivity index (χ1) is 12.0. The van der Waals surface area contributed by atoms with Gasteiger partial charge in [-0.2, -0.15) is 5.10 Å². The van der Waals surface area contributed by atoms with E-state index in [1.54, 1.807) is 24.4 Å². The number of amides is 1. The molecule has 0 saturated heterocycles. The monoisotopic (exact) mass is 508 g/mol. The molecule has 3 aromatic rings. The molecule has 25 heavy (non-hydrogen) atoms. The molecule has 0 fully saturated rings. The second-order valence-electron chi connectivity index (χ2n) is 5.43. The van der Waals surface area contributed by atoms with Gasteiger partial charge in [-0.05, 0) is 68.8 Å². The number of aromatic hydroxyl groups is 1. The lowest BCUT2D eigenvalue weighted by Crippen LogP contribution is -2.19. The number of benzene rings is 3. The molecule has 3 rings (SSSR count). The third-order valence-corrected chi connectivity index (χ3v) is 5.24. The molecule has 0 aromatic heterocycles. The fourth-order valence-electron chi connectivity index (χ4n) is 2.47. The third kappa shape index (κ3) is 4.38. The molecule has 0 aliphatic heterocycles. The minimum Gasteiger partial charge on any atom is -0.507 e. The van der Waals surface area contributed by atoms with Crippen molar-refractivity contribution in [1.29, 1.82) is 0 Å². The molecule has 0 radical (unpaired) electrons. The normalized spacial score (nSPS) is 11.1. The number of carbonyl (C=O) groups excluding carboxylic acids is 1. The van der Waals surface area contributed by atoms with Crippen LogP contribution in [0.4, 0.5) is 0 Å². The first-order valence-electron chi connectivity index (χ1n) is 7.51. The van der Waals surface area contributed by atoms with Gasteiger partial charge in [-0.1, -0.05) is 46.3 Å². The number of hydrogen-bond donors (Lipinski definition) is 2. The van der Waals surface area contributed by atoms with E-state index < -0.39 is 0 Å². The molecule has 0 bridgehead atoms. The number of hydrogen-bond acceptors (Lipinski definition) is 3. The highest BCUT2D eigenvalue weighted by atomic mass is 127. The largest absolute Gasteiger partial charge is 0.507 e. The molecule has 0 spiro atoms. The van der Waals surface area contributed by atoms with Crippen LogP contribution in [-0.2, 0) is 11.2 Å². The molecule has 0 aliphatic carbocycles. The maximum absolute atomic E-state index is 12.2. The van der Waals surface area contributed by atoms with E-state index in [1.165, 1.54) is 0 Å². The summed E-state index contributed by atoms with van der Waals surface area (Å²) >= 11 is 5.57. The molecule has 0 saturated carbocycles. The van der Waals surface area contributed by atoms with Crippen LogP contribution in [0.1, 0.15) is 11.1 Å². The molecule has 6 heteroatoms. The zero-order valence-corrected chi connectivity index (χ0v) is 16.8. The summed E-state index contributed by atoms with van der Waals surface area (Å²) < 4.78 is 1.74. The molecular weight excluding hydrogens is 495 g/mol. The van der Waals surface area contributed by atoms with E-state index in [9.17, 15) is 9.90 Å². The third-order valence-electron chi connectivity index (χ3n) is 3.69. The Labute approximate surface area is 167 Å². The van der Waals surface area contributed by atoms with Gasteiger partial charge in [0.1, 0.15) is 5.75 Å². The van der Waals surface area contributed by atoms with Crippen LogP contribution in [0.2, 0.25) is 0 Å². The van der Waals surface area contributed by atoms with E-state index in [1.807, 2.05) is 59.0 Å². The van der Waals surface area contributed by atoms with Crippen molar-refractivity contribution in [2.45, 2.75) is 6.42 Å². The van der Waals surface area contributed by atoms with E-state index >= 15 is 0 Å². The predicted octanol–water partition coefficient (Wildman–Crippen LogP) is 4.61. The van der Waals surface area contributed by atoms with Crippen LogP contribution >= 0.6 is 38.5 Å². The van der Waals surface area contributed by atoms with Crippen LogP contribution in [0.15, 0.2) is 64.2 Å². The Morgan fingerprint density at radius 3 is 2.68 bits per heavy atom. The van der Waals surface area contributed by atoms with Gasteiger partial charge in [-0.25, -0.2) is 5.43 Å². The van der Waals surface area contributed by atoms with E-state index in [-0.39, 0.29) is 18.1 Å². The van der Waals surface area contributed by atoms with Crippen molar-refractivity contribution in [1.82, 2.24) is 5.43 Å². The highest BCUT2D eigenvalue weighted by molar-refractivity contribution is 14.1. The fourth-order valence-corrected chi connectivity index (χ4v) is 3.49. The summed E-state index contributed by atoms with van der Waals surface area (Å²) in [6.07, 6.45) is 1.80. The van der Waals surface area contributed by atoms with Gasteiger partial charge in [0.2, 0.25) is 5.91 Å². The van der Waals surface area contributed by atoms with Gasteiger partial charge >= 0.3 is 0 Å². The van der Waals surface area contributed by atoms with Crippen molar-refractivity contribution in [3.05, 3.63) is 73.8 Å². The molecule has 1 amide bonds. The number of nitrogens with one attached hydrogen (secondary N) is 1. The van der Waals surface area contributed by atoms with Crippen LogP contribution < -0.4 is 5.43 Å². The van der Waals surface area contributed by atoms with Gasteiger partial charge < -0.3 is 5.11 Å². The van der Waals surface area contributed by atoms with Crippen LogP contribution in [0.3, 0.4) is 0 Å². The molecule has 0 unspecified atom stereocenters. The number of nitrogens with zero attached hydrogens (tertiary/aromatic N) is 1. The fraction of sp³-hybridized carbons (Fsp3) is 0.0526. The average molecular weight is 509 g/mol. The minimum absolute atomic E-state index is 0.183. The number of phenolic OH excluding ortho intramolecular Hbond substituents is 1. The van der Waals surface area contributed by atoms with Gasteiger partial charge in [-0.3, -0.25) is 4.79 Å². The quantitative estimate of drug-likeness (QED) is 0.307. The molecule has 0 aliphatic rings. The molecular formula is C19H14BrIN2O2. The lowest BCUT2D eigenvalue weighted by Gasteiger charge is -2.07. The van der Waals surface area contributed by atoms with Crippen LogP contribution in [0.5, 0.6) is 5.75 Å². The maximum atomic E-state index is 12.2. The second kappa shape index (κ2) is 7.97. The van der Waals surface area contributed by atoms with Crippen molar-refractivity contribution in [3.63, 3.8) is 0 Å². The molecule has 0 heterocycles. The standard InChI is InChI=1S/C19H14BrIN2O2/c20-16-7-6-13(14-3-1-2-4-15(14)16)10-19(25)23-22-11-12-5-8-18(24)17(21)9-12/h1-9,11,24H,10H2,(H,23,25)/b22-11+. The lowest BCUT2D eigenvalue weighted by molar-refractivity contribution is -0.120. The Morgan fingerprint density at radius 2 is 1.92 bits per heavy atom. The van der Waals surface area contributed by atoms with Gasteiger partial charge in [-0.15, -0.1) is 0 Å². The van der Waals surface area contributed by atoms with Gasteiger partial charge in [0.15, 0.2) is 0 Å². The zero-order valence-electron chi connectivity index (χ0n) is 13.0. The number of rotatable bonds is 4. The molecule has 3 aromatic carbocycles. The first-order valence-corrected chi connectivity index (χ1v) is 9.38. The number of hydrazone groups is 1. The second-order valence-corrected chi connectivity index (χ2v) is 7.45. The molecule has 4 nitrogen and oxygen atoms in total. The SMILES string of the molecule is O=C(Cc1ccc(Br)c2ccccc12)N/N=C/c1ccc(O)c(I)c1. The Hall–Kier alpha value is -1.93. The Bertz CT molecular complexity index is 973. The van der Waals surface area contributed by atoms with E-state index in [4.69, 9.17) is 0 Å². The first kappa shape index (κ1) is 17.9. The molecule has 126 valence electrons. The highest BCUT2D eigenvalue weighted by Crippen LogP contribution is 2.27. The summed E-state index contributed by atoms with van der Waals surface area (Å²) in [4.78, 5) is 12.2. The number of carbonyl (C=O) groups is 1. The summed E-state index contributed by atoms with van der Waals surface area (Å²) in [5.41, 5.74) is 4.30. The topological polar surface area (TPSA) is 61.7 Å². The van der Waals surface area contributed by atoms with E-state index in [2.05, 4.69) is 26.5 Å². The van der Waals surface area contributed by atoms with E-state index in [0.717, 1.165) is 29.9 Å². The van der Waals surface area contributed by atoms with Gasteiger partial charge in [0.25, 0.3) is 0 Å². The Balaban J connectivity index is 1.70. The Kier molecular flexibility index (Phi) is 5.70. The van der Waals surface area contributed by atoms with Crippen molar-refractivity contribution in [2.75, 3.05) is 0 Å². The minimum atomic E-state index is -0.183. The van der Waals surface area contributed by atoms with Gasteiger partial charge in [0.05, 0.1) is 16.2 Å². The highest BCUT2D eigenvalue weighted by Gasteiger charge is 2.08. The van der Waals surface area contributed by atoms with Crippen molar-refractivity contribution in [2.24, 2.45) is 5.10 Å². The predicted molar refractivity (Wildman–Crippen MR) is 112 cm³/mol. The van der Waals surface area contributed by atoms with Crippen molar-refractivity contribution in [3.8, 4) is 5.75 Å². The van der Waals surface area contributed by atoms with Crippen molar-refractivity contribution >= 4 is 61.4 Å². The summed E-state index contributed by atoms with van der Waals surface area (Å²) in [6, 6.07) is 17.0. The average Bonchev–Trinajstić information content (AvgIpc) is 2.61. The van der Waals surface area contributed by atoms with Gasteiger partial charge in [0, 0.05) is 4.47 Å². The molecule has 2 N–H and O–H groups in total. The van der Waals surface area contributed by atoms with Crippen molar-refractivity contribution < 1.29 is 9.90 Å². The van der Waals surface area contributed by atoms with Crippen LogP contribution in [-0.4, -0.2) is 17.2 Å². The summed E-state index contributed by atoms with van der Waals surface area (Å²) in [5, 5.41) is 15.6. The lowest BCUT2D eigenvalue weighted by atomic mass is 10.0. The summed E-state index contributed by atoms with van der Waals surface area (Å²) in [5.74, 6) is 0.0427. The Morgan fingerprint density at radius 1 is 1.16 bits per heavy atom. The molecule has 0 atom stereocenters. The zero-order chi connectivity index (χ0) is 17.8. The van der Waals surface area contributed by atoms with E-state index in [0.29, 0.717) is 0 Å². The summed E-state index contributed by atoms with van der Waals surface area (Å²) in [7, 11) is 0.